The van der Waals surface area contributed by atoms with Crippen molar-refractivity contribution in [2.75, 3.05) is 0 Å². The van der Waals surface area contributed by atoms with Crippen molar-refractivity contribution in [2.24, 2.45) is 5.41 Å². The molecule has 3 aromatic carbocycles. The molecule has 37 heavy (non-hydrogen) atoms. The number of hydrogen-bond donors (Lipinski definition) is 0. The van der Waals surface area contributed by atoms with E-state index in [2.05, 4.69) is 67.4 Å². The average molecular weight is 505 g/mol. The molecule has 0 aliphatic carbocycles. The van der Waals surface area contributed by atoms with Gasteiger partial charge in [-0.15, -0.1) is 0 Å². The quantitative estimate of drug-likeness (QED) is 0.277. The van der Waals surface area contributed by atoms with Crippen molar-refractivity contribution in [2.45, 2.75) is 73.4 Å². The number of rotatable bonds is 4. The number of halogens is 3. The summed E-state index contributed by atoms with van der Waals surface area (Å²) in [4.78, 5) is 0. The molecule has 0 saturated heterocycles. The molecule has 0 spiro atoms. The van der Waals surface area contributed by atoms with Crippen LogP contribution in [0.5, 0.6) is 0 Å². The molecule has 0 aliphatic heterocycles. The van der Waals surface area contributed by atoms with Gasteiger partial charge in [0.05, 0.1) is 16.8 Å². The van der Waals surface area contributed by atoms with Crippen LogP contribution in [0.25, 0.3) is 33.2 Å². The van der Waals surface area contributed by atoms with Crippen LogP contribution < -0.4 is 0 Å². The minimum atomic E-state index is -4.26. The Hall–Kier alpha value is -3.21. The molecule has 0 atom stereocenters. The van der Waals surface area contributed by atoms with Crippen LogP contribution in [0.4, 0.5) is 13.2 Å². The lowest BCUT2D eigenvalue weighted by Crippen LogP contribution is -2.34. The maximum Gasteiger partial charge on any atom is 0.394 e. The molecule has 194 valence electrons. The van der Waals surface area contributed by atoms with Gasteiger partial charge in [-0.2, -0.15) is 23.4 Å². The first kappa shape index (κ1) is 26.8. The Bertz CT molecular complexity index is 1450. The molecule has 1 heterocycles. The largest absolute Gasteiger partial charge is 0.394 e. The summed E-state index contributed by atoms with van der Waals surface area (Å²) in [6.07, 6.45) is -4.33. The lowest BCUT2D eigenvalue weighted by atomic mass is 9.82. The first-order valence-corrected chi connectivity index (χ1v) is 12.6. The highest BCUT2D eigenvalue weighted by atomic mass is 19.4. The monoisotopic (exact) mass is 504 g/mol. The molecule has 4 aromatic rings. The van der Waals surface area contributed by atoms with Crippen LogP contribution in [0, 0.1) is 26.2 Å². The summed E-state index contributed by atoms with van der Waals surface area (Å²) in [6.45, 7) is 15.0. The van der Waals surface area contributed by atoms with E-state index in [1.54, 1.807) is 0 Å². The van der Waals surface area contributed by atoms with Crippen molar-refractivity contribution in [3.63, 3.8) is 0 Å². The second-order valence-corrected chi connectivity index (χ2v) is 11.9. The molecule has 5 heteroatoms. The summed E-state index contributed by atoms with van der Waals surface area (Å²) in [5, 5.41) is 11.4. The van der Waals surface area contributed by atoms with Crippen molar-refractivity contribution < 1.29 is 13.2 Å². The minimum Gasteiger partial charge on any atom is -0.171 e. The average Bonchev–Trinajstić information content (AvgIpc) is 2.77. The van der Waals surface area contributed by atoms with E-state index in [-0.39, 0.29) is 11.8 Å². The van der Waals surface area contributed by atoms with Gasteiger partial charge < -0.3 is 0 Å². The molecule has 0 saturated carbocycles. The van der Waals surface area contributed by atoms with Gasteiger partial charge in [-0.05, 0) is 89.4 Å². The number of fused-ring (bicyclic) bond motifs is 1. The fraction of sp³-hybridized carbons (Fsp3) is 0.375. The minimum absolute atomic E-state index is 0.0518. The Balaban J connectivity index is 1.83. The summed E-state index contributed by atoms with van der Waals surface area (Å²) < 4.78 is 40.5. The van der Waals surface area contributed by atoms with Gasteiger partial charge in [0.15, 0.2) is 0 Å². The summed E-state index contributed by atoms with van der Waals surface area (Å²) in [5.41, 5.74) is 6.46. The van der Waals surface area contributed by atoms with Gasteiger partial charge >= 0.3 is 6.18 Å². The fourth-order valence-corrected chi connectivity index (χ4v) is 5.12. The lowest BCUT2D eigenvalue weighted by molar-refractivity contribution is -0.211. The van der Waals surface area contributed by atoms with Crippen molar-refractivity contribution in [1.29, 1.82) is 0 Å². The van der Waals surface area contributed by atoms with Crippen molar-refractivity contribution in [3.05, 3.63) is 82.5 Å². The highest BCUT2D eigenvalue weighted by Gasteiger charge is 2.47. The topological polar surface area (TPSA) is 25.8 Å². The molecule has 0 radical (unpaired) electrons. The van der Waals surface area contributed by atoms with Crippen molar-refractivity contribution in [1.82, 2.24) is 10.2 Å². The molecule has 0 N–H and O–H groups in total. The van der Waals surface area contributed by atoms with Crippen LogP contribution in [-0.4, -0.2) is 16.4 Å². The molecule has 0 amide bonds. The van der Waals surface area contributed by atoms with Crippen LogP contribution in [0.2, 0.25) is 0 Å². The normalized spacial score (nSPS) is 12.8. The van der Waals surface area contributed by atoms with E-state index in [1.165, 1.54) is 24.8 Å². The Morgan fingerprint density at radius 1 is 0.757 bits per heavy atom. The molecule has 0 fully saturated rings. The number of hydrogen-bond acceptors (Lipinski definition) is 2. The molecule has 0 unspecified atom stereocenters. The molecule has 0 bridgehead atoms. The highest BCUT2D eigenvalue weighted by molar-refractivity contribution is 5.91. The molecular weight excluding hydrogens is 469 g/mol. The lowest BCUT2D eigenvalue weighted by Gasteiger charge is -2.28. The zero-order chi connectivity index (χ0) is 27.3. The van der Waals surface area contributed by atoms with Gasteiger partial charge in [-0.1, -0.05) is 71.0 Å². The van der Waals surface area contributed by atoms with E-state index in [1.807, 2.05) is 39.0 Å². The van der Waals surface area contributed by atoms with Gasteiger partial charge in [-0.3, -0.25) is 0 Å². The Morgan fingerprint density at radius 3 is 1.97 bits per heavy atom. The first-order chi connectivity index (χ1) is 17.1. The predicted octanol–water partition coefficient (Wildman–Crippen LogP) is 9.32. The number of nitrogens with zero attached hydrogens (tertiary/aromatic N) is 2. The Morgan fingerprint density at radius 2 is 1.38 bits per heavy atom. The summed E-state index contributed by atoms with van der Waals surface area (Å²) in [7, 11) is 0. The van der Waals surface area contributed by atoms with Crippen LogP contribution in [0.1, 0.15) is 62.6 Å². The van der Waals surface area contributed by atoms with Gasteiger partial charge in [0.25, 0.3) is 0 Å². The second kappa shape index (κ2) is 9.27. The van der Waals surface area contributed by atoms with Gasteiger partial charge in [0.1, 0.15) is 0 Å². The van der Waals surface area contributed by atoms with Crippen LogP contribution >= 0.6 is 0 Å². The molecule has 4 rings (SSSR count). The second-order valence-electron chi connectivity index (χ2n) is 11.9. The van der Waals surface area contributed by atoms with Gasteiger partial charge in [0, 0.05) is 11.1 Å². The van der Waals surface area contributed by atoms with Gasteiger partial charge in [0.2, 0.25) is 0 Å². The first-order valence-electron chi connectivity index (χ1n) is 12.6. The highest BCUT2D eigenvalue weighted by Crippen LogP contribution is 2.42. The van der Waals surface area contributed by atoms with E-state index in [0.29, 0.717) is 5.56 Å². The van der Waals surface area contributed by atoms with E-state index in [4.69, 9.17) is 0 Å². The Labute approximate surface area is 218 Å². The number of aryl methyl sites for hydroxylation is 3. The van der Waals surface area contributed by atoms with Gasteiger partial charge in [-0.25, -0.2) is 0 Å². The van der Waals surface area contributed by atoms with Crippen molar-refractivity contribution >= 4 is 10.8 Å². The van der Waals surface area contributed by atoms with Crippen molar-refractivity contribution in [3.8, 4) is 22.4 Å². The standard InChI is InChI=1S/C32H35F3N2/c1-19-13-22(18-31(7,8)32(33,34)35)14-20(2)29(19)26-17-28(37-36-21(26)3)24-15-23-11-9-10-12-25(23)27(16-24)30(4,5)6/h9-17H,18H2,1-8H3. The molecule has 1 aromatic heterocycles. The van der Waals surface area contributed by atoms with Crippen LogP contribution in [0.15, 0.2) is 54.6 Å². The molecule has 0 aliphatic rings. The van der Waals surface area contributed by atoms with E-state index in [9.17, 15) is 13.2 Å². The van der Waals surface area contributed by atoms with Crippen LogP contribution in [-0.2, 0) is 11.8 Å². The van der Waals surface area contributed by atoms with Crippen LogP contribution in [0.3, 0.4) is 0 Å². The smallest absolute Gasteiger partial charge is 0.171 e. The number of benzene rings is 3. The summed E-state index contributed by atoms with van der Waals surface area (Å²) >= 11 is 0. The SMILES string of the molecule is Cc1cc(CC(C)(C)C(F)(F)F)cc(C)c1-c1cc(-c2cc(C(C)(C)C)c3ccccc3c2)nnc1C. The summed E-state index contributed by atoms with van der Waals surface area (Å²) in [6, 6.07) is 18.5. The van der Waals surface area contributed by atoms with E-state index in [0.717, 1.165) is 44.6 Å². The maximum atomic E-state index is 13.5. The predicted molar refractivity (Wildman–Crippen MR) is 147 cm³/mol. The van der Waals surface area contributed by atoms with E-state index < -0.39 is 11.6 Å². The number of aromatic nitrogens is 2. The number of alkyl halides is 3. The zero-order valence-corrected chi connectivity index (χ0v) is 22.9. The zero-order valence-electron chi connectivity index (χ0n) is 22.9. The Kier molecular flexibility index (Phi) is 6.72. The third-order valence-electron chi connectivity index (χ3n) is 7.22. The summed E-state index contributed by atoms with van der Waals surface area (Å²) in [5.74, 6) is 0. The molecular formula is C32H35F3N2. The third-order valence-corrected chi connectivity index (χ3v) is 7.22. The molecule has 2 nitrogen and oxygen atoms in total. The van der Waals surface area contributed by atoms with E-state index >= 15 is 0 Å². The third kappa shape index (κ3) is 5.27. The fourth-order valence-electron chi connectivity index (χ4n) is 5.12. The maximum absolute atomic E-state index is 13.5.